The largest absolute Gasteiger partial charge is 0.364 e. The van der Waals surface area contributed by atoms with Crippen LogP contribution < -0.4 is 15.8 Å². The maximum atomic E-state index is 13.8. The molecule has 41 heavy (non-hydrogen) atoms. The van der Waals surface area contributed by atoms with Crippen LogP contribution in [0.3, 0.4) is 0 Å². The zero-order valence-electron chi connectivity index (χ0n) is 25.5. The van der Waals surface area contributed by atoms with Gasteiger partial charge >= 0.3 is 0 Å². The van der Waals surface area contributed by atoms with Crippen molar-refractivity contribution in [3.8, 4) is 6.07 Å². The average molecular weight is 558 g/mol. The quantitative estimate of drug-likeness (QED) is 0.225. The van der Waals surface area contributed by atoms with Crippen LogP contribution in [-0.4, -0.2) is 36.1 Å². The summed E-state index contributed by atoms with van der Waals surface area (Å²) in [5, 5.41) is 12.7. The van der Waals surface area contributed by atoms with E-state index < -0.39 is 0 Å². The highest BCUT2D eigenvalue weighted by atomic mass is 19.1. The van der Waals surface area contributed by atoms with E-state index in [1.165, 1.54) is 18.6 Å². The number of nitrogens with zero attached hydrogens (tertiary/aromatic N) is 3. The summed E-state index contributed by atoms with van der Waals surface area (Å²) in [5.41, 5.74) is 5.10. The highest BCUT2D eigenvalue weighted by molar-refractivity contribution is 5.88. The summed E-state index contributed by atoms with van der Waals surface area (Å²) in [6.45, 7) is 13.6. The Bertz CT molecular complexity index is 1400. The molecule has 218 valence electrons. The lowest BCUT2D eigenvalue weighted by atomic mass is 9.89. The first-order valence-electron chi connectivity index (χ1n) is 14.5. The SMILES string of the molecule is CC.CCC.CCC(CNC)N(CC(c1ccc(C)cc1)c1ccc(F)cc1)c1cc(=O)[nH]c2ccc(C#N)nc12. The standard InChI is InChI=1S/C29H30FN5O.C3H8.C2H6/c1-4-24(17-32-3)35(27-15-28(36)34-26-14-13-23(16-31)33-29(26)27)18-25(20-7-5-19(2)6-8-20)21-9-11-22(30)12-10-21;1-3-2;1-2/h5-15,24-25,32H,4,17-18H2,1-3H3,(H,34,36);3H2,1-2H3;1-2H3. The van der Waals surface area contributed by atoms with Crippen molar-refractivity contribution in [3.63, 3.8) is 0 Å². The molecule has 2 atom stereocenters. The second-order valence-corrected chi connectivity index (χ2v) is 9.72. The smallest absolute Gasteiger partial charge is 0.250 e. The van der Waals surface area contributed by atoms with E-state index in [0.717, 1.165) is 23.1 Å². The van der Waals surface area contributed by atoms with Crippen molar-refractivity contribution in [3.05, 3.63) is 105 Å². The topological polar surface area (TPSA) is 84.8 Å². The predicted octanol–water partition coefficient (Wildman–Crippen LogP) is 7.32. The summed E-state index contributed by atoms with van der Waals surface area (Å²) >= 11 is 0. The second-order valence-electron chi connectivity index (χ2n) is 9.72. The van der Waals surface area contributed by atoms with Gasteiger partial charge in [-0.05, 0) is 55.8 Å². The summed E-state index contributed by atoms with van der Waals surface area (Å²) in [6.07, 6.45) is 2.07. The number of hydrogen-bond acceptors (Lipinski definition) is 5. The summed E-state index contributed by atoms with van der Waals surface area (Å²) in [6, 6.07) is 22.0. The van der Waals surface area contributed by atoms with Gasteiger partial charge in [-0.1, -0.05) is 83.0 Å². The van der Waals surface area contributed by atoms with Gasteiger partial charge in [-0.25, -0.2) is 9.37 Å². The molecule has 7 heteroatoms. The van der Waals surface area contributed by atoms with Crippen LogP contribution in [0.5, 0.6) is 0 Å². The lowest BCUT2D eigenvalue weighted by Crippen LogP contribution is -2.44. The summed E-state index contributed by atoms with van der Waals surface area (Å²) in [5.74, 6) is -0.376. The van der Waals surface area contributed by atoms with E-state index in [-0.39, 0.29) is 29.0 Å². The van der Waals surface area contributed by atoms with Gasteiger partial charge < -0.3 is 15.2 Å². The van der Waals surface area contributed by atoms with Crippen LogP contribution in [0.25, 0.3) is 11.0 Å². The molecule has 6 nitrogen and oxygen atoms in total. The molecule has 0 saturated heterocycles. The number of rotatable bonds is 9. The Morgan fingerprint density at radius 2 is 1.59 bits per heavy atom. The molecule has 0 aliphatic heterocycles. The van der Waals surface area contributed by atoms with Gasteiger partial charge in [-0.2, -0.15) is 5.26 Å². The van der Waals surface area contributed by atoms with Crippen molar-refractivity contribution in [1.82, 2.24) is 15.3 Å². The third-order valence-corrected chi connectivity index (χ3v) is 6.57. The molecule has 0 spiro atoms. The maximum absolute atomic E-state index is 13.8. The minimum atomic E-state index is -0.284. The molecule has 0 aliphatic carbocycles. The number of nitrogens with one attached hydrogen (secondary N) is 2. The Balaban J connectivity index is 0.00000110. The monoisotopic (exact) mass is 557 g/mol. The van der Waals surface area contributed by atoms with E-state index in [4.69, 9.17) is 0 Å². The number of aromatic amines is 1. The number of likely N-dealkylation sites (N-methyl/N-ethyl adjacent to an activating group) is 1. The first kappa shape index (κ1) is 33.2. The zero-order chi connectivity index (χ0) is 30.4. The molecule has 2 aromatic heterocycles. The van der Waals surface area contributed by atoms with Gasteiger partial charge in [0.15, 0.2) is 0 Å². The zero-order valence-corrected chi connectivity index (χ0v) is 25.5. The van der Waals surface area contributed by atoms with Crippen molar-refractivity contribution in [2.45, 2.75) is 66.3 Å². The highest BCUT2D eigenvalue weighted by Crippen LogP contribution is 2.32. The summed E-state index contributed by atoms with van der Waals surface area (Å²) < 4.78 is 13.8. The van der Waals surface area contributed by atoms with Gasteiger partial charge in [0.2, 0.25) is 0 Å². The molecule has 0 fully saturated rings. The number of aromatic nitrogens is 2. The fourth-order valence-corrected chi connectivity index (χ4v) is 4.65. The maximum Gasteiger partial charge on any atom is 0.250 e. The van der Waals surface area contributed by atoms with Crippen LogP contribution in [0.15, 0.2) is 71.5 Å². The van der Waals surface area contributed by atoms with E-state index in [2.05, 4.69) is 71.3 Å². The van der Waals surface area contributed by atoms with Crippen LogP contribution in [0, 0.1) is 24.1 Å². The first-order valence-corrected chi connectivity index (χ1v) is 14.5. The number of anilines is 1. The van der Waals surface area contributed by atoms with Gasteiger partial charge in [0, 0.05) is 31.1 Å². The van der Waals surface area contributed by atoms with Crippen molar-refractivity contribution in [2.75, 3.05) is 25.0 Å². The fraction of sp³-hybridized carbons (Fsp3) is 0.382. The number of halogens is 1. The predicted molar refractivity (Wildman–Crippen MR) is 169 cm³/mol. The average Bonchev–Trinajstić information content (AvgIpc) is 2.99. The van der Waals surface area contributed by atoms with Crippen LogP contribution in [0.1, 0.15) is 75.8 Å². The summed E-state index contributed by atoms with van der Waals surface area (Å²) in [7, 11) is 1.90. The Morgan fingerprint density at radius 1 is 1.00 bits per heavy atom. The molecule has 2 heterocycles. The molecule has 4 rings (SSSR count). The number of fused-ring (bicyclic) bond motifs is 1. The Morgan fingerprint density at radius 3 is 2.12 bits per heavy atom. The molecule has 2 unspecified atom stereocenters. The molecule has 2 N–H and O–H groups in total. The molecular weight excluding hydrogens is 513 g/mol. The number of benzene rings is 2. The van der Waals surface area contributed by atoms with Gasteiger partial charge in [-0.3, -0.25) is 4.79 Å². The third kappa shape index (κ3) is 8.99. The third-order valence-electron chi connectivity index (χ3n) is 6.57. The summed E-state index contributed by atoms with van der Waals surface area (Å²) in [4.78, 5) is 22.3. The molecule has 4 aromatic rings. The van der Waals surface area contributed by atoms with Gasteiger partial charge in [0.1, 0.15) is 23.1 Å². The molecule has 0 aliphatic rings. The lowest BCUT2D eigenvalue weighted by molar-refractivity contribution is 0.531. The number of pyridine rings is 2. The second kappa shape index (κ2) is 16.9. The molecular formula is C34H44FN5O. The fourth-order valence-electron chi connectivity index (χ4n) is 4.65. The van der Waals surface area contributed by atoms with Crippen molar-refractivity contribution in [1.29, 1.82) is 5.26 Å². The molecule has 0 radical (unpaired) electrons. The van der Waals surface area contributed by atoms with Crippen molar-refractivity contribution in [2.24, 2.45) is 0 Å². The van der Waals surface area contributed by atoms with Crippen LogP contribution in [0.2, 0.25) is 0 Å². The highest BCUT2D eigenvalue weighted by Gasteiger charge is 2.26. The van der Waals surface area contributed by atoms with E-state index in [9.17, 15) is 14.4 Å². The molecule has 0 bridgehead atoms. The van der Waals surface area contributed by atoms with Crippen LogP contribution in [0.4, 0.5) is 10.1 Å². The number of aryl methyl sites for hydroxylation is 1. The molecule has 0 amide bonds. The first-order chi connectivity index (χ1) is 19.8. The Kier molecular flexibility index (Phi) is 13.7. The van der Waals surface area contributed by atoms with E-state index in [1.54, 1.807) is 18.2 Å². The van der Waals surface area contributed by atoms with Gasteiger partial charge in [-0.15, -0.1) is 0 Å². The van der Waals surface area contributed by atoms with Crippen molar-refractivity contribution < 1.29 is 4.39 Å². The number of H-pyrrole nitrogens is 1. The van der Waals surface area contributed by atoms with Crippen LogP contribution in [-0.2, 0) is 0 Å². The number of nitriles is 1. The Hall–Kier alpha value is -4.02. The normalized spacial score (nSPS) is 11.8. The van der Waals surface area contributed by atoms with E-state index >= 15 is 0 Å². The number of hydrogen-bond donors (Lipinski definition) is 2. The van der Waals surface area contributed by atoms with Gasteiger partial charge in [0.25, 0.3) is 5.56 Å². The van der Waals surface area contributed by atoms with E-state index in [1.807, 2.05) is 40.0 Å². The van der Waals surface area contributed by atoms with Gasteiger partial charge in [0.05, 0.1) is 11.2 Å². The minimum absolute atomic E-state index is 0.0425. The minimum Gasteiger partial charge on any atom is -0.364 e. The lowest BCUT2D eigenvalue weighted by Gasteiger charge is -2.37. The van der Waals surface area contributed by atoms with Crippen molar-refractivity contribution >= 4 is 16.7 Å². The molecule has 2 aromatic carbocycles. The Labute approximate surface area is 244 Å². The van der Waals surface area contributed by atoms with E-state index in [0.29, 0.717) is 29.8 Å². The van der Waals surface area contributed by atoms with Crippen LogP contribution >= 0.6 is 0 Å². The molecule has 0 saturated carbocycles.